The van der Waals surface area contributed by atoms with Crippen LogP contribution in [-0.2, 0) is 13.6 Å². The minimum Gasteiger partial charge on any atom is -0.486 e. The lowest BCUT2D eigenvalue weighted by molar-refractivity contribution is 0.172. The Morgan fingerprint density at radius 2 is 1.88 bits per heavy atom. The molecule has 0 atom stereocenters. The minimum absolute atomic E-state index is 0.544. The average molecular weight is 232 g/mol. The number of nitrogens with zero attached hydrogens (tertiary/aromatic N) is 1. The van der Waals surface area contributed by atoms with Crippen molar-refractivity contribution in [1.82, 2.24) is 4.57 Å². The zero-order valence-corrected chi connectivity index (χ0v) is 10.1. The van der Waals surface area contributed by atoms with Crippen LogP contribution in [0.1, 0.15) is 11.3 Å². The Morgan fingerprint density at radius 3 is 2.53 bits per heavy atom. The fraction of sp³-hybridized carbons (Fsp3) is 0.385. The van der Waals surface area contributed by atoms with Crippen molar-refractivity contribution >= 4 is 10.9 Å². The van der Waals surface area contributed by atoms with Crippen LogP contribution in [0.15, 0.2) is 12.1 Å². The van der Waals surface area contributed by atoms with Crippen LogP contribution in [0, 0.1) is 6.92 Å². The third kappa shape index (κ3) is 1.41. The summed E-state index contributed by atoms with van der Waals surface area (Å²) in [4.78, 5) is 0. The summed E-state index contributed by atoms with van der Waals surface area (Å²) in [5.74, 6) is 1.65. The second-order valence-corrected chi connectivity index (χ2v) is 4.34. The molecule has 17 heavy (non-hydrogen) atoms. The Labute approximate surface area is 99.9 Å². The number of rotatable bonds is 1. The number of nitrogens with two attached hydrogens (primary N) is 1. The lowest BCUT2D eigenvalue weighted by atomic mass is 10.1. The summed E-state index contributed by atoms with van der Waals surface area (Å²) in [6, 6.07) is 4.08. The predicted octanol–water partition coefficient (Wildman–Crippen LogP) is 1.72. The number of benzene rings is 1. The van der Waals surface area contributed by atoms with E-state index in [0.717, 1.165) is 22.4 Å². The third-order valence-electron chi connectivity index (χ3n) is 3.49. The molecular weight excluding hydrogens is 216 g/mol. The van der Waals surface area contributed by atoms with Gasteiger partial charge in [-0.2, -0.15) is 0 Å². The fourth-order valence-corrected chi connectivity index (χ4v) is 2.43. The summed E-state index contributed by atoms with van der Waals surface area (Å²) in [6.07, 6.45) is 0. The second-order valence-electron chi connectivity index (χ2n) is 4.34. The van der Waals surface area contributed by atoms with Gasteiger partial charge >= 0.3 is 0 Å². The Balaban J connectivity index is 2.33. The molecule has 3 rings (SSSR count). The molecule has 1 aromatic heterocycles. The van der Waals surface area contributed by atoms with Crippen molar-refractivity contribution in [2.45, 2.75) is 13.5 Å². The molecule has 0 fully saturated rings. The minimum atomic E-state index is 0.544. The van der Waals surface area contributed by atoms with E-state index in [9.17, 15) is 0 Å². The van der Waals surface area contributed by atoms with E-state index < -0.39 is 0 Å². The fourth-order valence-electron chi connectivity index (χ4n) is 2.43. The van der Waals surface area contributed by atoms with Gasteiger partial charge in [-0.05, 0) is 18.6 Å². The van der Waals surface area contributed by atoms with Crippen molar-refractivity contribution in [2.24, 2.45) is 12.8 Å². The first-order valence-electron chi connectivity index (χ1n) is 5.80. The molecule has 0 spiro atoms. The van der Waals surface area contributed by atoms with Crippen LogP contribution in [0.2, 0.25) is 0 Å². The van der Waals surface area contributed by atoms with E-state index in [1.54, 1.807) is 0 Å². The molecule has 0 radical (unpaired) electrons. The molecule has 4 nitrogen and oxygen atoms in total. The number of ether oxygens (including phenoxy) is 2. The molecule has 2 aromatic rings. The van der Waals surface area contributed by atoms with Gasteiger partial charge in [0.25, 0.3) is 0 Å². The van der Waals surface area contributed by atoms with Crippen LogP contribution < -0.4 is 15.2 Å². The van der Waals surface area contributed by atoms with Crippen LogP contribution >= 0.6 is 0 Å². The summed E-state index contributed by atoms with van der Waals surface area (Å²) in [7, 11) is 2.05. The maximum absolute atomic E-state index is 5.82. The van der Waals surface area contributed by atoms with Crippen molar-refractivity contribution in [3.8, 4) is 11.5 Å². The van der Waals surface area contributed by atoms with Crippen LogP contribution in [0.3, 0.4) is 0 Å². The van der Waals surface area contributed by atoms with Crippen molar-refractivity contribution in [2.75, 3.05) is 13.2 Å². The van der Waals surface area contributed by atoms with E-state index >= 15 is 0 Å². The Hall–Kier alpha value is -1.68. The average Bonchev–Trinajstić information content (AvgIpc) is 2.59. The molecule has 0 saturated heterocycles. The molecule has 1 aliphatic rings. The molecule has 0 amide bonds. The number of aryl methyl sites for hydroxylation is 1. The van der Waals surface area contributed by atoms with Crippen molar-refractivity contribution in [3.05, 3.63) is 23.4 Å². The van der Waals surface area contributed by atoms with Gasteiger partial charge in [0.15, 0.2) is 11.5 Å². The van der Waals surface area contributed by atoms with Gasteiger partial charge in [0.05, 0.1) is 5.52 Å². The Bertz CT molecular complexity index is 587. The van der Waals surface area contributed by atoms with Crippen LogP contribution in [0.5, 0.6) is 11.5 Å². The van der Waals surface area contributed by atoms with E-state index in [2.05, 4.69) is 11.5 Å². The first-order chi connectivity index (χ1) is 8.22. The maximum Gasteiger partial charge on any atom is 0.163 e. The number of aromatic nitrogens is 1. The first kappa shape index (κ1) is 10.5. The summed E-state index contributed by atoms with van der Waals surface area (Å²) in [6.45, 7) is 3.86. The lowest BCUT2D eigenvalue weighted by Gasteiger charge is -2.18. The largest absolute Gasteiger partial charge is 0.486 e. The van der Waals surface area contributed by atoms with E-state index in [-0.39, 0.29) is 0 Å². The van der Waals surface area contributed by atoms with Gasteiger partial charge in [-0.3, -0.25) is 0 Å². The Kier molecular flexibility index (Phi) is 2.26. The highest BCUT2D eigenvalue weighted by Gasteiger charge is 2.17. The van der Waals surface area contributed by atoms with E-state index in [1.807, 2.05) is 19.2 Å². The molecule has 1 aliphatic heterocycles. The third-order valence-corrected chi connectivity index (χ3v) is 3.49. The normalized spacial score (nSPS) is 14.3. The summed E-state index contributed by atoms with van der Waals surface area (Å²) in [5.41, 5.74) is 9.35. The highest BCUT2D eigenvalue weighted by Crippen LogP contribution is 2.37. The molecule has 2 N–H and O–H groups in total. The summed E-state index contributed by atoms with van der Waals surface area (Å²) < 4.78 is 13.4. The van der Waals surface area contributed by atoms with Crippen LogP contribution in [-0.4, -0.2) is 17.8 Å². The van der Waals surface area contributed by atoms with Crippen LogP contribution in [0.25, 0.3) is 10.9 Å². The summed E-state index contributed by atoms with van der Waals surface area (Å²) in [5, 5.41) is 1.16. The lowest BCUT2D eigenvalue weighted by Crippen LogP contribution is -2.15. The molecule has 0 unspecified atom stereocenters. The molecular formula is C13H16N2O2. The van der Waals surface area contributed by atoms with Crippen molar-refractivity contribution in [1.29, 1.82) is 0 Å². The highest BCUT2D eigenvalue weighted by molar-refractivity contribution is 5.88. The van der Waals surface area contributed by atoms with Crippen LogP contribution in [0.4, 0.5) is 0 Å². The van der Waals surface area contributed by atoms with Crippen molar-refractivity contribution < 1.29 is 9.47 Å². The molecule has 2 heterocycles. The second kappa shape index (κ2) is 3.67. The number of hydrogen-bond donors (Lipinski definition) is 1. The maximum atomic E-state index is 5.82. The van der Waals surface area contributed by atoms with E-state index in [4.69, 9.17) is 15.2 Å². The monoisotopic (exact) mass is 232 g/mol. The Morgan fingerprint density at radius 1 is 1.24 bits per heavy atom. The standard InChI is InChI=1S/C13H16N2O2/c1-8-10(7-14)9-5-12-13(17-4-3-16-12)6-11(9)15(8)2/h5-6H,3-4,7,14H2,1-2H3. The van der Waals surface area contributed by atoms with Gasteiger partial charge in [0.1, 0.15) is 13.2 Å². The first-order valence-corrected chi connectivity index (χ1v) is 5.80. The molecule has 4 heteroatoms. The zero-order chi connectivity index (χ0) is 12.0. The molecule has 0 saturated carbocycles. The molecule has 90 valence electrons. The number of hydrogen-bond acceptors (Lipinski definition) is 3. The van der Waals surface area contributed by atoms with Gasteiger partial charge in [0, 0.05) is 30.7 Å². The zero-order valence-electron chi connectivity index (χ0n) is 10.1. The van der Waals surface area contributed by atoms with Crippen molar-refractivity contribution in [3.63, 3.8) is 0 Å². The van der Waals surface area contributed by atoms with E-state index in [0.29, 0.717) is 19.8 Å². The molecule has 1 aromatic carbocycles. The molecule has 0 bridgehead atoms. The van der Waals surface area contributed by atoms with Gasteiger partial charge < -0.3 is 19.8 Å². The smallest absolute Gasteiger partial charge is 0.163 e. The number of fused-ring (bicyclic) bond motifs is 2. The topological polar surface area (TPSA) is 49.4 Å². The van der Waals surface area contributed by atoms with Gasteiger partial charge in [0.2, 0.25) is 0 Å². The SMILES string of the molecule is Cc1c(CN)c2cc3c(cc2n1C)OCCO3. The predicted molar refractivity (Wildman–Crippen MR) is 66.5 cm³/mol. The van der Waals surface area contributed by atoms with E-state index in [1.165, 1.54) is 11.3 Å². The quantitative estimate of drug-likeness (QED) is 0.814. The molecule has 0 aliphatic carbocycles. The van der Waals surface area contributed by atoms with Gasteiger partial charge in [-0.25, -0.2) is 0 Å². The van der Waals surface area contributed by atoms with Gasteiger partial charge in [-0.15, -0.1) is 0 Å². The highest BCUT2D eigenvalue weighted by atomic mass is 16.6. The summed E-state index contributed by atoms with van der Waals surface area (Å²) >= 11 is 0. The van der Waals surface area contributed by atoms with Gasteiger partial charge in [-0.1, -0.05) is 0 Å².